The Hall–Kier alpha value is -2.17. The van der Waals surface area contributed by atoms with Crippen LogP contribution in [0.1, 0.15) is 15.9 Å². The van der Waals surface area contributed by atoms with Gasteiger partial charge in [0.05, 0.1) is 10.5 Å². The Morgan fingerprint density at radius 3 is 2.43 bits per heavy atom. The minimum Gasteiger partial charge on any atom is -0.398 e. The first-order chi connectivity index (χ1) is 14.3. The molecular formula is C20H25ClN4O4S. The maximum Gasteiger partial charge on any atom is 0.359 e. The van der Waals surface area contributed by atoms with Crippen LogP contribution in [0.4, 0.5) is 5.69 Å². The molecule has 1 fully saturated rings. The van der Waals surface area contributed by atoms with Gasteiger partial charge in [-0.3, -0.25) is 0 Å². The largest absolute Gasteiger partial charge is 0.398 e. The molecule has 1 heterocycles. The molecule has 0 bridgehead atoms. The number of anilines is 1. The van der Waals surface area contributed by atoms with Crippen LogP contribution in [-0.4, -0.2) is 64.1 Å². The van der Waals surface area contributed by atoms with Crippen LogP contribution < -0.4 is 10.5 Å². The van der Waals surface area contributed by atoms with Crippen molar-refractivity contribution in [3.63, 3.8) is 0 Å². The van der Waals surface area contributed by atoms with Gasteiger partial charge >= 0.3 is 5.97 Å². The maximum absolute atomic E-state index is 12.5. The van der Waals surface area contributed by atoms with Gasteiger partial charge in [-0.05, 0) is 49.4 Å². The van der Waals surface area contributed by atoms with Gasteiger partial charge < -0.3 is 15.5 Å². The minimum atomic E-state index is -3.68. The van der Waals surface area contributed by atoms with Crippen LogP contribution in [0.2, 0.25) is 5.02 Å². The zero-order valence-corrected chi connectivity index (χ0v) is 18.2. The standard InChI is InChI=1S/C20H25ClN4O4S/c1-23-30(27,28)17-6-7-19(22)18(14-17)20(26)29-25-12-10-24(11-13-25)9-8-15-2-4-16(21)5-3-15/h2-7,14,23H,8-13,22H2,1H3. The molecule has 2 aromatic carbocycles. The first kappa shape index (κ1) is 22.5. The first-order valence-corrected chi connectivity index (χ1v) is 11.4. The van der Waals surface area contributed by atoms with E-state index >= 15 is 0 Å². The van der Waals surface area contributed by atoms with Crippen LogP contribution in [0, 0.1) is 0 Å². The van der Waals surface area contributed by atoms with E-state index in [-0.39, 0.29) is 16.1 Å². The Kier molecular flexibility index (Phi) is 7.32. The van der Waals surface area contributed by atoms with E-state index in [0.717, 1.165) is 31.1 Å². The van der Waals surface area contributed by atoms with Crippen molar-refractivity contribution >= 4 is 33.3 Å². The highest BCUT2D eigenvalue weighted by Crippen LogP contribution is 2.20. The minimum absolute atomic E-state index is 0.0245. The molecule has 3 N–H and O–H groups in total. The molecule has 0 radical (unpaired) electrons. The molecular weight excluding hydrogens is 428 g/mol. The van der Waals surface area contributed by atoms with Crippen molar-refractivity contribution in [1.29, 1.82) is 0 Å². The summed E-state index contributed by atoms with van der Waals surface area (Å²) < 4.78 is 26.1. The van der Waals surface area contributed by atoms with Crippen LogP contribution in [0.5, 0.6) is 0 Å². The molecule has 0 atom stereocenters. The van der Waals surface area contributed by atoms with Crippen LogP contribution >= 0.6 is 11.6 Å². The molecule has 1 aliphatic heterocycles. The number of hydrogen-bond acceptors (Lipinski definition) is 7. The van der Waals surface area contributed by atoms with Crippen molar-refractivity contribution in [3.05, 3.63) is 58.6 Å². The topological polar surface area (TPSA) is 105 Å². The average molecular weight is 453 g/mol. The van der Waals surface area contributed by atoms with E-state index in [2.05, 4.69) is 9.62 Å². The summed E-state index contributed by atoms with van der Waals surface area (Å²) >= 11 is 5.91. The summed E-state index contributed by atoms with van der Waals surface area (Å²) in [4.78, 5) is 20.2. The highest BCUT2D eigenvalue weighted by molar-refractivity contribution is 7.89. The summed E-state index contributed by atoms with van der Waals surface area (Å²) in [6.07, 6.45) is 0.917. The second-order valence-corrected chi connectivity index (χ2v) is 9.31. The lowest BCUT2D eigenvalue weighted by atomic mass is 10.1. The van der Waals surface area contributed by atoms with Crippen molar-refractivity contribution in [2.24, 2.45) is 0 Å². The third-order valence-corrected chi connectivity index (χ3v) is 6.66. The van der Waals surface area contributed by atoms with Gasteiger partial charge in [0.25, 0.3) is 0 Å². The summed E-state index contributed by atoms with van der Waals surface area (Å²) in [7, 11) is -2.38. The zero-order chi connectivity index (χ0) is 21.7. The molecule has 1 saturated heterocycles. The summed E-state index contributed by atoms with van der Waals surface area (Å²) in [6.45, 7) is 3.52. The molecule has 8 nitrogen and oxygen atoms in total. The maximum atomic E-state index is 12.5. The summed E-state index contributed by atoms with van der Waals surface area (Å²) in [6, 6.07) is 11.8. The summed E-state index contributed by atoms with van der Waals surface area (Å²) in [5, 5.41) is 2.31. The third-order valence-electron chi connectivity index (χ3n) is 5.00. The first-order valence-electron chi connectivity index (χ1n) is 9.55. The van der Waals surface area contributed by atoms with Gasteiger partial charge in [-0.25, -0.2) is 17.9 Å². The Morgan fingerprint density at radius 1 is 1.13 bits per heavy atom. The molecule has 0 saturated carbocycles. The lowest BCUT2D eigenvalue weighted by molar-refractivity contribution is -0.129. The molecule has 30 heavy (non-hydrogen) atoms. The van der Waals surface area contributed by atoms with Gasteiger partial charge in [0.1, 0.15) is 0 Å². The molecule has 0 amide bonds. The van der Waals surface area contributed by atoms with E-state index in [9.17, 15) is 13.2 Å². The number of benzene rings is 2. The van der Waals surface area contributed by atoms with Crippen molar-refractivity contribution in [1.82, 2.24) is 14.7 Å². The van der Waals surface area contributed by atoms with Crippen molar-refractivity contribution in [3.8, 4) is 0 Å². The van der Waals surface area contributed by atoms with E-state index in [0.29, 0.717) is 13.1 Å². The second kappa shape index (κ2) is 9.76. The molecule has 0 aliphatic carbocycles. The Balaban J connectivity index is 1.53. The normalized spacial score (nSPS) is 15.8. The molecule has 2 aromatic rings. The van der Waals surface area contributed by atoms with Gasteiger partial charge in [0, 0.05) is 43.4 Å². The second-order valence-electron chi connectivity index (χ2n) is 6.98. The number of nitrogens with one attached hydrogen (secondary N) is 1. The van der Waals surface area contributed by atoms with Crippen LogP contribution in [0.3, 0.4) is 0 Å². The number of halogens is 1. The van der Waals surface area contributed by atoms with E-state index < -0.39 is 16.0 Å². The highest BCUT2D eigenvalue weighted by atomic mass is 35.5. The SMILES string of the molecule is CNS(=O)(=O)c1ccc(N)c(C(=O)ON2CCN(CCc3ccc(Cl)cc3)CC2)c1. The van der Waals surface area contributed by atoms with Crippen LogP contribution in [0.15, 0.2) is 47.4 Å². The smallest absolute Gasteiger partial charge is 0.359 e. The predicted octanol–water partition coefficient (Wildman–Crippen LogP) is 1.76. The van der Waals surface area contributed by atoms with E-state index in [1.807, 2.05) is 24.3 Å². The van der Waals surface area contributed by atoms with Crippen molar-refractivity contribution < 1.29 is 18.0 Å². The summed E-state index contributed by atoms with van der Waals surface area (Å²) in [5.41, 5.74) is 7.27. The van der Waals surface area contributed by atoms with Gasteiger partial charge in [-0.2, -0.15) is 0 Å². The number of carbonyl (C=O) groups is 1. The lowest BCUT2D eigenvalue weighted by Crippen LogP contribution is -2.47. The third kappa shape index (κ3) is 5.71. The van der Waals surface area contributed by atoms with Gasteiger partial charge in [0.2, 0.25) is 10.0 Å². The van der Waals surface area contributed by atoms with Gasteiger partial charge in [-0.15, -0.1) is 5.06 Å². The molecule has 162 valence electrons. The number of rotatable bonds is 7. The number of nitrogens with zero attached hydrogens (tertiary/aromatic N) is 2. The molecule has 0 unspecified atom stereocenters. The average Bonchev–Trinajstić information content (AvgIpc) is 2.74. The van der Waals surface area contributed by atoms with E-state index in [4.69, 9.17) is 22.2 Å². The van der Waals surface area contributed by atoms with E-state index in [1.165, 1.54) is 30.8 Å². The quantitative estimate of drug-likeness (QED) is 0.616. The van der Waals surface area contributed by atoms with Crippen molar-refractivity contribution in [2.45, 2.75) is 11.3 Å². The van der Waals surface area contributed by atoms with E-state index in [1.54, 1.807) is 5.06 Å². The molecule has 0 aromatic heterocycles. The summed E-state index contributed by atoms with van der Waals surface area (Å²) in [5.74, 6) is -0.671. The van der Waals surface area contributed by atoms with Crippen molar-refractivity contribution in [2.75, 3.05) is 45.5 Å². The predicted molar refractivity (Wildman–Crippen MR) is 116 cm³/mol. The molecule has 0 spiro atoms. The van der Waals surface area contributed by atoms with Gasteiger partial charge in [-0.1, -0.05) is 23.7 Å². The molecule has 10 heteroatoms. The monoisotopic (exact) mass is 452 g/mol. The Bertz CT molecular complexity index is 990. The number of hydroxylamine groups is 2. The van der Waals surface area contributed by atoms with Gasteiger partial charge in [0.15, 0.2) is 0 Å². The Morgan fingerprint density at radius 2 is 1.80 bits per heavy atom. The number of piperazine rings is 1. The lowest BCUT2D eigenvalue weighted by Gasteiger charge is -2.33. The number of nitrogen functional groups attached to an aromatic ring is 1. The zero-order valence-electron chi connectivity index (χ0n) is 16.7. The number of sulfonamides is 1. The Labute approximate surface area is 181 Å². The highest BCUT2D eigenvalue weighted by Gasteiger charge is 2.23. The number of hydrogen-bond donors (Lipinski definition) is 2. The number of carbonyl (C=O) groups excluding carboxylic acids is 1. The van der Waals surface area contributed by atoms with Crippen LogP contribution in [0.25, 0.3) is 0 Å². The fourth-order valence-corrected chi connectivity index (χ4v) is 4.03. The van der Waals surface area contributed by atoms with Crippen LogP contribution in [-0.2, 0) is 21.3 Å². The fourth-order valence-electron chi connectivity index (χ4n) is 3.15. The fraction of sp³-hybridized carbons (Fsp3) is 0.350. The molecule has 3 rings (SSSR count). The molecule has 1 aliphatic rings. The number of nitrogens with two attached hydrogens (primary N) is 1.